The van der Waals surface area contributed by atoms with E-state index >= 15 is 0 Å². The topological polar surface area (TPSA) is 51.5 Å². The molecule has 1 atom stereocenters. The largest absolute Gasteiger partial charge is 0.497 e. The van der Waals surface area contributed by atoms with Crippen molar-refractivity contribution in [1.82, 2.24) is 5.32 Å². The van der Waals surface area contributed by atoms with Gasteiger partial charge >= 0.3 is 0 Å². The predicted octanol–water partition coefficient (Wildman–Crippen LogP) is 6.11. The highest BCUT2D eigenvalue weighted by molar-refractivity contribution is 6.08. The van der Waals surface area contributed by atoms with Crippen LogP contribution in [0, 0.1) is 5.92 Å². The molecular weight excluding hydrogens is 362 g/mol. The van der Waals surface area contributed by atoms with Gasteiger partial charge in [-0.3, -0.25) is 4.79 Å². The monoisotopic (exact) mass is 387 g/mol. The number of carbonyl (C=O) groups is 1. The second-order valence-corrected chi connectivity index (χ2v) is 7.74. The van der Waals surface area contributed by atoms with Crippen LogP contribution >= 0.6 is 0 Å². The number of fused-ring (bicyclic) bond motifs is 3. The Morgan fingerprint density at radius 1 is 1.00 bits per heavy atom. The standard InChI is InChI=1S/C25H25NO3/c1-16(2)14-22(18-8-11-19(28-3)12-9-18)26-25(27)24-15-21-20-7-5-4-6-17(20)10-13-23(21)29-24/h4-13,15-16,22H,14H2,1-3H3,(H,26,27)/t22-/m0/s1. The van der Waals surface area contributed by atoms with E-state index in [1.165, 1.54) is 0 Å². The molecule has 0 aliphatic rings. The number of hydrogen-bond donors (Lipinski definition) is 1. The number of methoxy groups -OCH3 is 1. The minimum atomic E-state index is -0.202. The number of ether oxygens (including phenoxy) is 1. The first-order valence-corrected chi connectivity index (χ1v) is 9.91. The van der Waals surface area contributed by atoms with Gasteiger partial charge in [-0.25, -0.2) is 0 Å². The summed E-state index contributed by atoms with van der Waals surface area (Å²) in [5.41, 5.74) is 1.77. The maximum Gasteiger partial charge on any atom is 0.287 e. The Morgan fingerprint density at radius 3 is 2.48 bits per heavy atom. The molecule has 4 rings (SSSR count). The van der Waals surface area contributed by atoms with Crippen molar-refractivity contribution < 1.29 is 13.9 Å². The zero-order valence-electron chi connectivity index (χ0n) is 16.9. The number of hydrogen-bond acceptors (Lipinski definition) is 3. The quantitative estimate of drug-likeness (QED) is 0.434. The van der Waals surface area contributed by atoms with Crippen molar-refractivity contribution in [2.75, 3.05) is 7.11 Å². The van der Waals surface area contributed by atoms with Crippen LogP contribution in [0.15, 0.2) is 71.1 Å². The van der Waals surface area contributed by atoms with Gasteiger partial charge in [0.15, 0.2) is 5.76 Å². The normalized spacial score (nSPS) is 12.4. The molecule has 4 heteroatoms. The Bertz CT molecular complexity index is 1140. The molecule has 1 heterocycles. The third kappa shape index (κ3) is 3.97. The molecule has 3 aromatic carbocycles. The molecule has 0 saturated carbocycles. The number of furan rings is 1. The molecule has 1 amide bonds. The van der Waals surface area contributed by atoms with Crippen LogP contribution in [0.5, 0.6) is 5.75 Å². The number of benzene rings is 3. The molecule has 1 N–H and O–H groups in total. The Kier molecular flexibility index (Phi) is 5.26. The molecular formula is C25H25NO3. The molecule has 29 heavy (non-hydrogen) atoms. The number of rotatable bonds is 6. The van der Waals surface area contributed by atoms with E-state index in [4.69, 9.17) is 9.15 Å². The SMILES string of the molecule is COc1ccc([C@H](CC(C)C)NC(=O)c2cc3c(ccc4ccccc43)o2)cc1. The van der Waals surface area contributed by atoms with Crippen LogP contribution in [-0.2, 0) is 0 Å². The summed E-state index contributed by atoms with van der Waals surface area (Å²) in [5.74, 6) is 1.36. The Hall–Kier alpha value is -3.27. The second-order valence-electron chi connectivity index (χ2n) is 7.74. The Morgan fingerprint density at radius 2 is 1.76 bits per heavy atom. The lowest BCUT2D eigenvalue weighted by Gasteiger charge is -2.21. The fourth-order valence-electron chi connectivity index (χ4n) is 3.72. The third-order valence-electron chi connectivity index (χ3n) is 5.18. The molecule has 0 fully saturated rings. The van der Waals surface area contributed by atoms with Crippen LogP contribution < -0.4 is 10.1 Å². The third-order valence-corrected chi connectivity index (χ3v) is 5.18. The smallest absolute Gasteiger partial charge is 0.287 e. The van der Waals surface area contributed by atoms with Gasteiger partial charge in [0.05, 0.1) is 13.2 Å². The van der Waals surface area contributed by atoms with E-state index < -0.39 is 0 Å². The van der Waals surface area contributed by atoms with Gasteiger partial charge in [0.25, 0.3) is 5.91 Å². The molecule has 0 aliphatic carbocycles. The Balaban J connectivity index is 1.63. The maximum absolute atomic E-state index is 13.0. The summed E-state index contributed by atoms with van der Waals surface area (Å²) in [6.45, 7) is 4.30. The average molecular weight is 387 g/mol. The van der Waals surface area contributed by atoms with Crippen molar-refractivity contribution in [3.8, 4) is 5.75 Å². The van der Waals surface area contributed by atoms with Crippen molar-refractivity contribution in [2.24, 2.45) is 5.92 Å². The Labute approximate surface area is 170 Å². The van der Waals surface area contributed by atoms with Gasteiger partial charge < -0.3 is 14.5 Å². The lowest BCUT2D eigenvalue weighted by molar-refractivity contribution is 0.0906. The van der Waals surface area contributed by atoms with Crippen LogP contribution in [0.4, 0.5) is 0 Å². The summed E-state index contributed by atoms with van der Waals surface area (Å²) in [5, 5.41) is 6.32. The van der Waals surface area contributed by atoms with Crippen LogP contribution in [0.3, 0.4) is 0 Å². The van der Waals surface area contributed by atoms with E-state index in [2.05, 4.69) is 25.2 Å². The summed E-state index contributed by atoms with van der Waals surface area (Å²) in [7, 11) is 1.65. The molecule has 0 bridgehead atoms. The van der Waals surface area contributed by atoms with Crippen LogP contribution in [-0.4, -0.2) is 13.0 Å². The highest BCUT2D eigenvalue weighted by atomic mass is 16.5. The average Bonchev–Trinajstić information content (AvgIpc) is 3.18. The molecule has 1 aromatic heterocycles. The highest BCUT2D eigenvalue weighted by Crippen LogP contribution is 2.29. The van der Waals surface area contributed by atoms with Crippen molar-refractivity contribution >= 4 is 27.6 Å². The van der Waals surface area contributed by atoms with E-state index in [0.29, 0.717) is 11.7 Å². The molecule has 148 valence electrons. The van der Waals surface area contributed by atoms with E-state index in [1.54, 1.807) is 7.11 Å². The summed E-state index contributed by atoms with van der Waals surface area (Å²) in [6.07, 6.45) is 0.835. The van der Waals surface area contributed by atoms with Gasteiger partial charge in [-0.05, 0) is 52.9 Å². The van der Waals surface area contributed by atoms with Crippen molar-refractivity contribution in [3.05, 3.63) is 78.1 Å². The molecule has 0 unspecified atom stereocenters. The van der Waals surface area contributed by atoms with Crippen molar-refractivity contribution in [2.45, 2.75) is 26.3 Å². The first-order valence-electron chi connectivity index (χ1n) is 9.91. The number of nitrogens with one attached hydrogen (secondary N) is 1. The van der Waals surface area contributed by atoms with Gasteiger partial charge in [-0.15, -0.1) is 0 Å². The lowest BCUT2D eigenvalue weighted by Crippen LogP contribution is -2.29. The minimum Gasteiger partial charge on any atom is -0.497 e. The van der Waals surface area contributed by atoms with E-state index in [0.717, 1.165) is 39.5 Å². The van der Waals surface area contributed by atoms with Crippen LogP contribution in [0.1, 0.15) is 42.4 Å². The molecule has 4 nitrogen and oxygen atoms in total. The van der Waals surface area contributed by atoms with Gasteiger partial charge in [0.1, 0.15) is 11.3 Å². The fraction of sp³-hybridized carbons (Fsp3) is 0.240. The predicted molar refractivity (Wildman–Crippen MR) is 116 cm³/mol. The maximum atomic E-state index is 13.0. The molecule has 0 saturated heterocycles. The first-order chi connectivity index (χ1) is 14.0. The summed E-state index contributed by atoms with van der Waals surface area (Å²) < 4.78 is 11.1. The van der Waals surface area contributed by atoms with Crippen LogP contribution in [0.25, 0.3) is 21.7 Å². The second kappa shape index (κ2) is 8.00. The lowest BCUT2D eigenvalue weighted by atomic mass is 9.96. The number of carbonyl (C=O) groups excluding carboxylic acids is 1. The van der Waals surface area contributed by atoms with Gasteiger partial charge in [-0.2, -0.15) is 0 Å². The fourth-order valence-corrected chi connectivity index (χ4v) is 3.72. The zero-order valence-corrected chi connectivity index (χ0v) is 16.9. The van der Waals surface area contributed by atoms with E-state index in [-0.39, 0.29) is 11.9 Å². The highest BCUT2D eigenvalue weighted by Gasteiger charge is 2.20. The summed E-state index contributed by atoms with van der Waals surface area (Å²) in [6, 6.07) is 21.6. The summed E-state index contributed by atoms with van der Waals surface area (Å²) in [4.78, 5) is 13.0. The van der Waals surface area contributed by atoms with E-state index in [1.807, 2.05) is 60.7 Å². The van der Waals surface area contributed by atoms with Crippen molar-refractivity contribution in [1.29, 1.82) is 0 Å². The molecule has 0 aliphatic heterocycles. The van der Waals surface area contributed by atoms with Crippen LogP contribution in [0.2, 0.25) is 0 Å². The molecule has 0 spiro atoms. The molecule has 4 aromatic rings. The zero-order chi connectivity index (χ0) is 20.4. The van der Waals surface area contributed by atoms with Crippen molar-refractivity contribution in [3.63, 3.8) is 0 Å². The minimum absolute atomic E-state index is 0.0987. The first kappa shape index (κ1) is 19.1. The van der Waals surface area contributed by atoms with Gasteiger partial charge in [0, 0.05) is 5.39 Å². The molecule has 0 radical (unpaired) electrons. The van der Waals surface area contributed by atoms with Gasteiger partial charge in [0.2, 0.25) is 0 Å². The van der Waals surface area contributed by atoms with E-state index in [9.17, 15) is 4.79 Å². The summed E-state index contributed by atoms with van der Waals surface area (Å²) >= 11 is 0. The number of amides is 1. The van der Waals surface area contributed by atoms with Gasteiger partial charge in [-0.1, -0.05) is 56.3 Å².